The Morgan fingerprint density at radius 2 is 1.79 bits per heavy atom. The molecule has 2 rings (SSSR count). The minimum atomic E-state index is -0.882. The molecule has 7 nitrogen and oxygen atoms in total. The van der Waals surface area contributed by atoms with Gasteiger partial charge in [-0.05, 0) is 30.5 Å². The smallest absolute Gasteiger partial charge is 0.305 e. The van der Waals surface area contributed by atoms with Gasteiger partial charge in [0.2, 0.25) is 11.7 Å². The second-order valence-electron chi connectivity index (χ2n) is 5.69. The van der Waals surface area contributed by atoms with Crippen LogP contribution < -0.4 is 14.2 Å². The van der Waals surface area contributed by atoms with Crippen LogP contribution in [0.5, 0.6) is 17.2 Å². The predicted molar refractivity (Wildman–Crippen MR) is 86.8 cm³/mol. The first-order valence-corrected chi connectivity index (χ1v) is 7.80. The predicted octanol–water partition coefficient (Wildman–Crippen LogP) is 1.72. The number of ether oxygens (including phenoxy) is 3. The summed E-state index contributed by atoms with van der Waals surface area (Å²) >= 11 is 0. The number of carboxylic acids is 1. The first kappa shape index (κ1) is 17.9. The van der Waals surface area contributed by atoms with E-state index in [0.717, 1.165) is 18.4 Å². The van der Waals surface area contributed by atoms with Crippen LogP contribution in [-0.2, 0) is 16.0 Å². The van der Waals surface area contributed by atoms with E-state index in [-0.39, 0.29) is 24.8 Å². The van der Waals surface area contributed by atoms with Crippen molar-refractivity contribution in [3.8, 4) is 17.2 Å². The summed E-state index contributed by atoms with van der Waals surface area (Å²) in [4.78, 5) is 25.2. The van der Waals surface area contributed by atoms with Crippen LogP contribution >= 0.6 is 0 Å². The topological polar surface area (TPSA) is 85.3 Å². The molecule has 1 aromatic carbocycles. The van der Waals surface area contributed by atoms with Crippen LogP contribution in [0.25, 0.3) is 0 Å². The van der Waals surface area contributed by atoms with Gasteiger partial charge in [-0.1, -0.05) is 0 Å². The lowest BCUT2D eigenvalue weighted by Crippen LogP contribution is -2.37. The highest BCUT2D eigenvalue weighted by Crippen LogP contribution is 2.38. The number of carbonyl (C=O) groups is 2. The lowest BCUT2D eigenvalue weighted by Gasteiger charge is -2.24. The maximum absolute atomic E-state index is 12.6. The molecule has 1 aliphatic heterocycles. The zero-order valence-electron chi connectivity index (χ0n) is 14.2. The highest BCUT2D eigenvalue weighted by Gasteiger charge is 2.30. The van der Waals surface area contributed by atoms with E-state index in [0.29, 0.717) is 23.8 Å². The molecular weight excluding hydrogens is 314 g/mol. The van der Waals surface area contributed by atoms with Crippen LogP contribution in [0.2, 0.25) is 0 Å². The number of likely N-dealkylation sites (tertiary alicyclic amines) is 1. The molecular formula is C17H23NO6. The van der Waals surface area contributed by atoms with E-state index < -0.39 is 5.97 Å². The fraction of sp³-hybridized carbons (Fsp3) is 0.529. The monoisotopic (exact) mass is 337 g/mol. The van der Waals surface area contributed by atoms with E-state index in [1.807, 2.05) is 0 Å². The molecule has 0 bridgehead atoms. The molecule has 7 heteroatoms. The van der Waals surface area contributed by atoms with Gasteiger partial charge in [0.15, 0.2) is 11.5 Å². The molecule has 0 aliphatic carbocycles. The van der Waals surface area contributed by atoms with Gasteiger partial charge in [-0.15, -0.1) is 0 Å². The van der Waals surface area contributed by atoms with Gasteiger partial charge < -0.3 is 24.2 Å². The molecule has 1 atom stereocenters. The molecule has 0 radical (unpaired) electrons. The molecule has 1 N–H and O–H groups in total. The first-order chi connectivity index (χ1) is 11.5. The second-order valence-corrected chi connectivity index (χ2v) is 5.69. The van der Waals surface area contributed by atoms with Crippen LogP contribution in [0.3, 0.4) is 0 Å². The third-order valence-electron chi connectivity index (χ3n) is 4.19. The van der Waals surface area contributed by atoms with Crippen LogP contribution in [-0.4, -0.2) is 55.8 Å². The van der Waals surface area contributed by atoms with Crippen molar-refractivity contribution in [1.29, 1.82) is 0 Å². The Morgan fingerprint density at radius 1 is 1.17 bits per heavy atom. The van der Waals surface area contributed by atoms with E-state index in [9.17, 15) is 9.59 Å². The molecule has 1 unspecified atom stereocenters. The largest absolute Gasteiger partial charge is 0.493 e. The van der Waals surface area contributed by atoms with Crippen molar-refractivity contribution in [2.24, 2.45) is 0 Å². The van der Waals surface area contributed by atoms with Crippen LogP contribution in [0, 0.1) is 0 Å². The fourth-order valence-corrected chi connectivity index (χ4v) is 3.09. The SMILES string of the molecule is COc1cc(CC(=O)N2CCCC2CC(=O)O)cc(OC)c1OC. The molecule has 0 saturated carbocycles. The normalized spacial score (nSPS) is 16.8. The Morgan fingerprint density at radius 3 is 2.29 bits per heavy atom. The number of carbonyl (C=O) groups excluding carboxylic acids is 1. The Hall–Kier alpha value is -2.44. The van der Waals surface area contributed by atoms with Crippen molar-refractivity contribution >= 4 is 11.9 Å². The highest BCUT2D eigenvalue weighted by molar-refractivity contribution is 5.80. The van der Waals surface area contributed by atoms with Crippen molar-refractivity contribution in [2.75, 3.05) is 27.9 Å². The number of nitrogens with zero attached hydrogens (tertiary/aromatic N) is 1. The Bertz CT molecular complexity index is 590. The van der Waals surface area contributed by atoms with Gasteiger partial charge in [-0.2, -0.15) is 0 Å². The molecule has 1 heterocycles. The summed E-state index contributed by atoms with van der Waals surface area (Å²) in [6.45, 7) is 0.598. The summed E-state index contributed by atoms with van der Waals surface area (Å²) in [5.41, 5.74) is 0.732. The van der Waals surface area contributed by atoms with Gasteiger partial charge in [-0.25, -0.2) is 0 Å². The summed E-state index contributed by atoms with van der Waals surface area (Å²) in [6.07, 6.45) is 1.71. The standard InChI is InChI=1S/C17H23NO6/c1-22-13-7-11(8-14(23-2)17(13)24-3)9-15(19)18-6-4-5-12(18)10-16(20)21/h7-8,12H,4-6,9-10H2,1-3H3,(H,20,21). The van der Waals surface area contributed by atoms with Gasteiger partial charge in [0, 0.05) is 12.6 Å². The summed E-state index contributed by atoms with van der Waals surface area (Å²) in [7, 11) is 4.56. The first-order valence-electron chi connectivity index (χ1n) is 7.80. The fourth-order valence-electron chi connectivity index (χ4n) is 3.09. The molecule has 1 aliphatic rings. The van der Waals surface area contributed by atoms with E-state index in [1.54, 1.807) is 17.0 Å². The maximum Gasteiger partial charge on any atom is 0.305 e. The molecule has 1 amide bonds. The summed E-state index contributed by atoms with van der Waals surface area (Å²) < 4.78 is 15.9. The summed E-state index contributed by atoms with van der Waals surface area (Å²) in [5, 5.41) is 8.97. The number of amides is 1. The number of aliphatic carboxylic acids is 1. The second kappa shape index (κ2) is 7.90. The molecule has 24 heavy (non-hydrogen) atoms. The van der Waals surface area contributed by atoms with Gasteiger partial charge in [0.05, 0.1) is 34.2 Å². The molecule has 132 valence electrons. The number of hydrogen-bond donors (Lipinski definition) is 1. The average molecular weight is 337 g/mol. The summed E-state index contributed by atoms with van der Waals surface area (Å²) in [6, 6.07) is 3.25. The minimum absolute atomic E-state index is 0.0129. The number of methoxy groups -OCH3 is 3. The lowest BCUT2D eigenvalue weighted by molar-refractivity contribution is -0.139. The molecule has 0 aromatic heterocycles. The number of hydrogen-bond acceptors (Lipinski definition) is 5. The van der Waals surface area contributed by atoms with E-state index in [2.05, 4.69) is 0 Å². The van der Waals surface area contributed by atoms with Crippen molar-refractivity contribution in [3.05, 3.63) is 17.7 Å². The van der Waals surface area contributed by atoms with E-state index in [4.69, 9.17) is 19.3 Å². The molecule has 1 fully saturated rings. The molecule has 1 saturated heterocycles. The summed E-state index contributed by atoms with van der Waals surface area (Å²) in [5.74, 6) is 0.480. The van der Waals surface area contributed by atoms with Gasteiger partial charge in [0.1, 0.15) is 0 Å². The quantitative estimate of drug-likeness (QED) is 0.815. The van der Waals surface area contributed by atoms with Crippen LogP contribution in [0.15, 0.2) is 12.1 Å². The molecule has 1 aromatic rings. The van der Waals surface area contributed by atoms with Gasteiger partial charge in [-0.3, -0.25) is 9.59 Å². The zero-order chi connectivity index (χ0) is 17.7. The molecule has 0 spiro atoms. The van der Waals surface area contributed by atoms with E-state index >= 15 is 0 Å². The zero-order valence-corrected chi connectivity index (χ0v) is 14.2. The maximum atomic E-state index is 12.6. The van der Waals surface area contributed by atoms with Crippen molar-refractivity contribution in [3.63, 3.8) is 0 Å². The van der Waals surface area contributed by atoms with Crippen LogP contribution in [0.1, 0.15) is 24.8 Å². The minimum Gasteiger partial charge on any atom is -0.493 e. The Kier molecular flexibility index (Phi) is 5.89. The Balaban J connectivity index is 2.18. The van der Waals surface area contributed by atoms with Crippen molar-refractivity contribution in [2.45, 2.75) is 31.7 Å². The van der Waals surface area contributed by atoms with Gasteiger partial charge >= 0.3 is 5.97 Å². The Labute approximate surface area is 141 Å². The lowest BCUT2D eigenvalue weighted by atomic mass is 10.1. The van der Waals surface area contributed by atoms with Crippen LogP contribution in [0.4, 0.5) is 0 Å². The van der Waals surface area contributed by atoms with E-state index in [1.165, 1.54) is 21.3 Å². The number of carboxylic acid groups (broad SMARTS) is 1. The van der Waals surface area contributed by atoms with Gasteiger partial charge in [0.25, 0.3) is 0 Å². The third kappa shape index (κ3) is 3.90. The highest BCUT2D eigenvalue weighted by atomic mass is 16.5. The van der Waals surface area contributed by atoms with Crippen molar-refractivity contribution in [1.82, 2.24) is 4.90 Å². The average Bonchev–Trinajstić information content (AvgIpc) is 3.01. The number of rotatable bonds is 7. The van der Waals surface area contributed by atoms with Crippen molar-refractivity contribution < 1.29 is 28.9 Å². The number of benzene rings is 1. The third-order valence-corrected chi connectivity index (χ3v) is 4.19.